The molecule has 2 nitrogen and oxygen atoms in total. The first-order chi connectivity index (χ1) is 8.86. The van der Waals surface area contributed by atoms with Gasteiger partial charge in [-0.25, -0.2) is 4.98 Å². The van der Waals surface area contributed by atoms with Crippen molar-refractivity contribution in [2.24, 2.45) is 5.73 Å². The predicted octanol–water partition coefficient (Wildman–Crippen LogP) is 3.70. The third-order valence-electron chi connectivity index (χ3n) is 4.14. The van der Waals surface area contributed by atoms with E-state index in [0.717, 1.165) is 17.5 Å². The quantitative estimate of drug-likeness (QED) is 0.915. The normalized spacial score (nSPS) is 24.4. The minimum Gasteiger partial charge on any atom is -0.330 e. The molecule has 4 heteroatoms. The van der Waals surface area contributed by atoms with E-state index in [2.05, 4.69) is 11.8 Å². The van der Waals surface area contributed by atoms with Crippen molar-refractivity contribution in [3.05, 3.63) is 15.6 Å². The van der Waals surface area contributed by atoms with E-state index in [1.165, 1.54) is 60.5 Å². The molecule has 0 amide bonds. The third kappa shape index (κ3) is 2.75. The fourth-order valence-corrected chi connectivity index (χ4v) is 5.63. The minimum atomic E-state index is 0.537. The highest BCUT2D eigenvalue weighted by molar-refractivity contribution is 7.99. The maximum atomic E-state index is 5.86. The van der Waals surface area contributed by atoms with Crippen molar-refractivity contribution in [3.63, 3.8) is 0 Å². The van der Waals surface area contributed by atoms with Crippen LogP contribution < -0.4 is 5.73 Å². The Morgan fingerprint density at radius 2 is 2.06 bits per heavy atom. The molecule has 3 rings (SSSR count). The van der Waals surface area contributed by atoms with E-state index in [9.17, 15) is 0 Å². The number of nitrogens with zero attached hydrogens (tertiary/aromatic N) is 1. The van der Waals surface area contributed by atoms with Crippen molar-refractivity contribution >= 4 is 23.1 Å². The lowest BCUT2D eigenvalue weighted by atomic mass is 9.91. The second-order valence-corrected chi connectivity index (χ2v) is 7.92. The van der Waals surface area contributed by atoms with Gasteiger partial charge in [0, 0.05) is 28.3 Å². The van der Waals surface area contributed by atoms with E-state index in [0.29, 0.717) is 5.92 Å². The van der Waals surface area contributed by atoms with Crippen molar-refractivity contribution < 1.29 is 0 Å². The Hall–Kier alpha value is -0.0600. The van der Waals surface area contributed by atoms with Crippen LogP contribution in [0, 0.1) is 0 Å². The maximum absolute atomic E-state index is 5.86. The third-order valence-corrected chi connectivity index (χ3v) is 6.84. The number of thiazole rings is 1. The molecular formula is C14H22N2S2. The van der Waals surface area contributed by atoms with Gasteiger partial charge in [0.1, 0.15) is 5.01 Å². The molecule has 0 aromatic carbocycles. The first-order valence-corrected chi connectivity index (χ1v) is 9.03. The summed E-state index contributed by atoms with van der Waals surface area (Å²) in [5.74, 6) is 1.66. The zero-order valence-corrected chi connectivity index (χ0v) is 12.5. The molecule has 1 unspecified atom stereocenters. The average Bonchev–Trinajstić information content (AvgIpc) is 3.04. The summed E-state index contributed by atoms with van der Waals surface area (Å²) < 4.78 is 0. The van der Waals surface area contributed by atoms with Crippen LogP contribution in [0.3, 0.4) is 0 Å². The molecule has 1 aromatic heterocycles. The van der Waals surface area contributed by atoms with Crippen molar-refractivity contribution in [1.82, 2.24) is 4.98 Å². The Morgan fingerprint density at radius 3 is 2.83 bits per heavy atom. The van der Waals surface area contributed by atoms with E-state index >= 15 is 0 Å². The maximum Gasteiger partial charge on any atom is 0.103 e. The van der Waals surface area contributed by atoms with Crippen LogP contribution in [0.1, 0.15) is 60.0 Å². The Balaban J connectivity index is 1.64. The van der Waals surface area contributed by atoms with Crippen LogP contribution in [0.25, 0.3) is 0 Å². The Kier molecular flexibility index (Phi) is 4.27. The molecule has 1 aromatic rings. The molecule has 0 spiro atoms. The Morgan fingerprint density at radius 1 is 1.22 bits per heavy atom. The molecule has 100 valence electrons. The van der Waals surface area contributed by atoms with Gasteiger partial charge in [0.05, 0.1) is 5.69 Å². The van der Waals surface area contributed by atoms with Gasteiger partial charge in [-0.05, 0) is 32.1 Å². The lowest BCUT2D eigenvalue weighted by molar-refractivity contribution is 0.553. The van der Waals surface area contributed by atoms with E-state index in [1.54, 1.807) is 0 Å². The number of aromatic nitrogens is 1. The number of fused-ring (bicyclic) bond motifs is 1. The summed E-state index contributed by atoms with van der Waals surface area (Å²) in [6.45, 7) is 0.770. The van der Waals surface area contributed by atoms with Gasteiger partial charge >= 0.3 is 0 Å². The van der Waals surface area contributed by atoms with Crippen LogP contribution in [0.2, 0.25) is 0 Å². The fraction of sp³-hybridized carbons (Fsp3) is 0.786. The van der Waals surface area contributed by atoms with Crippen molar-refractivity contribution in [3.8, 4) is 0 Å². The van der Waals surface area contributed by atoms with Gasteiger partial charge in [-0.2, -0.15) is 11.8 Å². The lowest BCUT2D eigenvalue weighted by Gasteiger charge is -2.18. The van der Waals surface area contributed by atoms with Crippen LogP contribution in [-0.2, 0) is 12.2 Å². The van der Waals surface area contributed by atoms with Gasteiger partial charge in [-0.1, -0.05) is 12.8 Å². The van der Waals surface area contributed by atoms with E-state index in [1.807, 2.05) is 11.3 Å². The molecular weight excluding hydrogens is 260 g/mol. The van der Waals surface area contributed by atoms with Gasteiger partial charge < -0.3 is 5.73 Å². The Bertz CT molecular complexity index is 396. The highest BCUT2D eigenvalue weighted by atomic mass is 32.2. The van der Waals surface area contributed by atoms with Crippen LogP contribution >= 0.6 is 23.1 Å². The molecule has 0 bridgehead atoms. The van der Waals surface area contributed by atoms with E-state index < -0.39 is 0 Å². The second kappa shape index (κ2) is 5.93. The minimum absolute atomic E-state index is 0.537. The largest absolute Gasteiger partial charge is 0.330 e. The monoisotopic (exact) mass is 282 g/mol. The van der Waals surface area contributed by atoms with Gasteiger partial charge in [0.2, 0.25) is 0 Å². The number of aryl methyl sites for hydroxylation is 1. The highest BCUT2D eigenvalue weighted by Crippen LogP contribution is 2.37. The predicted molar refractivity (Wildman–Crippen MR) is 80.4 cm³/mol. The number of hydrogen-bond acceptors (Lipinski definition) is 4. The molecule has 1 fully saturated rings. The number of rotatable bonds is 4. The average molecular weight is 282 g/mol. The smallest absolute Gasteiger partial charge is 0.103 e. The van der Waals surface area contributed by atoms with Crippen molar-refractivity contribution in [1.29, 1.82) is 0 Å². The van der Waals surface area contributed by atoms with Gasteiger partial charge in [-0.3, -0.25) is 0 Å². The summed E-state index contributed by atoms with van der Waals surface area (Å²) in [4.78, 5) is 6.41. The number of hydrogen-bond donors (Lipinski definition) is 1. The van der Waals surface area contributed by atoms with Crippen LogP contribution in [0.5, 0.6) is 0 Å². The summed E-state index contributed by atoms with van der Waals surface area (Å²) >= 11 is 4.08. The zero-order chi connectivity index (χ0) is 12.4. The van der Waals surface area contributed by atoms with Crippen molar-refractivity contribution in [2.45, 2.75) is 61.9 Å². The standard InChI is InChI=1S/C14H22N2S2/c15-8-10-4-3-7-12-14(10)16-13(18-12)9-17-11-5-1-2-6-11/h10-11H,1-9,15H2. The highest BCUT2D eigenvalue weighted by Gasteiger charge is 2.24. The molecule has 0 saturated heterocycles. The van der Waals surface area contributed by atoms with Crippen molar-refractivity contribution in [2.75, 3.05) is 6.54 Å². The van der Waals surface area contributed by atoms with E-state index in [4.69, 9.17) is 10.7 Å². The summed E-state index contributed by atoms with van der Waals surface area (Å²) in [6, 6.07) is 0. The molecule has 2 N–H and O–H groups in total. The molecule has 18 heavy (non-hydrogen) atoms. The zero-order valence-electron chi connectivity index (χ0n) is 10.9. The molecule has 0 aliphatic heterocycles. The van der Waals surface area contributed by atoms with Crippen LogP contribution in [-0.4, -0.2) is 16.8 Å². The summed E-state index contributed by atoms with van der Waals surface area (Å²) in [5.41, 5.74) is 7.20. The summed E-state index contributed by atoms with van der Waals surface area (Å²) in [6.07, 6.45) is 9.47. The van der Waals surface area contributed by atoms with E-state index in [-0.39, 0.29) is 0 Å². The second-order valence-electron chi connectivity index (χ2n) is 5.46. The summed E-state index contributed by atoms with van der Waals surface area (Å²) in [5, 5.41) is 2.24. The first-order valence-electron chi connectivity index (χ1n) is 7.17. The lowest BCUT2D eigenvalue weighted by Crippen LogP contribution is -2.17. The van der Waals surface area contributed by atoms with Gasteiger partial charge in [-0.15, -0.1) is 11.3 Å². The molecule has 0 radical (unpaired) electrons. The van der Waals surface area contributed by atoms with Crippen LogP contribution in [0.4, 0.5) is 0 Å². The fourth-order valence-electron chi connectivity index (χ4n) is 3.09. The Labute approximate surface area is 118 Å². The first kappa shape index (κ1) is 12.9. The molecule has 1 heterocycles. The molecule has 2 aliphatic carbocycles. The van der Waals surface area contributed by atoms with Gasteiger partial charge in [0.25, 0.3) is 0 Å². The molecule has 2 aliphatic rings. The van der Waals surface area contributed by atoms with Gasteiger partial charge in [0.15, 0.2) is 0 Å². The number of nitrogens with two attached hydrogens (primary N) is 1. The summed E-state index contributed by atoms with van der Waals surface area (Å²) in [7, 11) is 0. The van der Waals surface area contributed by atoms with Crippen LogP contribution in [0.15, 0.2) is 0 Å². The number of thioether (sulfide) groups is 1. The molecule has 1 atom stereocenters. The topological polar surface area (TPSA) is 38.9 Å². The SMILES string of the molecule is NCC1CCCc2sc(CSC3CCCC3)nc21. The molecule has 1 saturated carbocycles.